The normalized spacial score (nSPS) is 26.8. The molecule has 1 aliphatic carbocycles. The Kier molecular flexibility index (Phi) is 4.12. The third-order valence-corrected chi connectivity index (χ3v) is 6.65. The average molecular weight is 348 g/mol. The van der Waals surface area contributed by atoms with Crippen LogP contribution in [0, 0.1) is 11.3 Å². The van der Waals surface area contributed by atoms with Crippen molar-refractivity contribution in [3.8, 4) is 0 Å². The van der Waals surface area contributed by atoms with Crippen LogP contribution in [0.4, 0.5) is 0 Å². The number of piperidine rings is 1. The van der Waals surface area contributed by atoms with Crippen molar-refractivity contribution in [2.75, 3.05) is 19.6 Å². The SMILES string of the molecule is O=C(O)[C@H]1CC2(CCN(C(=O)C3CC3)CC2)CN1Cc1ccsc1. The standard InChI is InChI=1S/C18H24N2O3S/c21-16(14-1-2-14)19-6-4-18(5-7-19)9-15(17(22)23)20(12-18)10-13-3-8-24-11-13/h3,8,11,14-15H,1-2,4-7,9-10,12H2,(H,22,23)/t15-/m1/s1. The summed E-state index contributed by atoms with van der Waals surface area (Å²) in [5.74, 6) is -0.101. The van der Waals surface area contributed by atoms with Crippen molar-refractivity contribution in [1.29, 1.82) is 0 Å². The van der Waals surface area contributed by atoms with Crippen molar-refractivity contribution < 1.29 is 14.7 Å². The first kappa shape index (κ1) is 16.1. The van der Waals surface area contributed by atoms with E-state index in [9.17, 15) is 14.7 Å². The Bertz CT molecular complexity index is 618. The monoisotopic (exact) mass is 348 g/mol. The summed E-state index contributed by atoms with van der Waals surface area (Å²) in [5, 5.41) is 13.8. The van der Waals surface area contributed by atoms with E-state index in [0.717, 1.165) is 51.7 Å². The van der Waals surface area contributed by atoms with E-state index >= 15 is 0 Å². The molecule has 24 heavy (non-hydrogen) atoms. The molecule has 0 bridgehead atoms. The van der Waals surface area contributed by atoms with E-state index in [4.69, 9.17) is 0 Å². The molecule has 1 N–H and O–H groups in total. The van der Waals surface area contributed by atoms with E-state index in [-0.39, 0.29) is 11.3 Å². The van der Waals surface area contributed by atoms with Crippen LogP contribution in [0.25, 0.3) is 0 Å². The van der Waals surface area contributed by atoms with Gasteiger partial charge in [-0.2, -0.15) is 11.3 Å². The zero-order valence-corrected chi connectivity index (χ0v) is 14.6. The Morgan fingerprint density at radius 1 is 1.29 bits per heavy atom. The highest BCUT2D eigenvalue weighted by Crippen LogP contribution is 2.45. The van der Waals surface area contributed by atoms with Gasteiger partial charge in [-0.1, -0.05) is 0 Å². The molecule has 0 unspecified atom stereocenters. The molecule has 1 saturated carbocycles. The van der Waals surface area contributed by atoms with E-state index in [1.165, 1.54) is 5.56 Å². The highest BCUT2D eigenvalue weighted by Gasteiger charge is 2.49. The minimum atomic E-state index is -0.710. The maximum absolute atomic E-state index is 12.2. The topological polar surface area (TPSA) is 60.9 Å². The van der Waals surface area contributed by atoms with Gasteiger partial charge in [0.15, 0.2) is 0 Å². The van der Waals surface area contributed by atoms with Gasteiger partial charge in [-0.25, -0.2) is 0 Å². The van der Waals surface area contributed by atoms with Gasteiger partial charge in [0, 0.05) is 32.1 Å². The van der Waals surface area contributed by atoms with Gasteiger partial charge in [0.1, 0.15) is 6.04 Å². The van der Waals surface area contributed by atoms with Gasteiger partial charge in [0.05, 0.1) is 0 Å². The molecule has 2 saturated heterocycles. The predicted molar refractivity (Wildman–Crippen MR) is 91.7 cm³/mol. The summed E-state index contributed by atoms with van der Waals surface area (Å²) in [5.41, 5.74) is 1.27. The molecular formula is C18H24N2O3S. The Labute approximate surface area is 146 Å². The molecule has 5 nitrogen and oxygen atoms in total. The lowest BCUT2D eigenvalue weighted by Crippen LogP contribution is -2.44. The molecule has 1 aromatic rings. The second-order valence-electron chi connectivity index (χ2n) is 7.69. The summed E-state index contributed by atoms with van der Waals surface area (Å²) >= 11 is 1.65. The van der Waals surface area contributed by atoms with Crippen molar-refractivity contribution >= 4 is 23.2 Å². The number of carbonyl (C=O) groups is 2. The molecule has 3 heterocycles. The zero-order valence-electron chi connectivity index (χ0n) is 13.8. The molecule has 0 radical (unpaired) electrons. The van der Waals surface area contributed by atoms with Gasteiger partial charge < -0.3 is 10.0 Å². The van der Waals surface area contributed by atoms with Crippen LogP contribution in [-0.2, 0) is 16.1 Å². The Morgan fingerprint density at radius 2 is 2.04 bits per heavy atom. The van der Waals surface area contributed by atoms with Crippen molar-refractivity contribution in [3.05, 3.63) is 22.4 Å². The number of hydrogen-bond acceptors (Lipinski definition) is 4. The molecular weight excluding hydrogens is 324 g/mol. The molecule has 1 spiro atoms. The molecule has 1 atom stereocenters. The third-order valence-electron chi connectivity index (χ3n) is 5.92. The number of carboxylic acids is 1. The van der Waals surface area contributed by atoms with Crippen LogP contribution in [0.15, 0.2) is 16.8 Å². The minimum Gasteiger partial charge on any atom is -0.480 e. The van der Waals surface area contributed by atoms with E-state index in [0.29, 0.717) is 12.5 Å². The number of thiophene rings is 1. The quantitative estimate of drug-likeness (QED) is 0.908. The molecule has 1 amide bonds. The fraction of sp³-hybridized carbons (Fsp3) is 0.667. The molecule has 1 aromatic heterocycles. The van der Waals surface area contributed by atoms with Gasteiger partial charge in [-0.3, -0.25) is 14.5 Å². The highest BCUT2D eigenvalue weighted by atomic mass is 32.1. The maximum atomic E-state index is 12.2. The summed E-state index contributed by atoms with van der Waals surface area (Å²) in [7, 11) is 0. The van der Waals surface area contributed by atoms with E-state index < -0.39 is 12.0 Å². The van der Waals surface area contributed by atoms with Crippen LogP contribution in [0.5, 0.6) is 0 Å². The predicted octanol–water partition coefficient (Wildman–Crippen LogP) is 2.43. The molecule has 6 heteroatoms. The summed E-state index contributed by atoms with van der Waals surface area (Å²) < 4.78 is 0. The first-order chi connectivity index (χ1) is 11.6. The number of nitrogens with zero attached hydrogens (tertiary/aromatic N) is 2. The van der Waals surface area contributed by atoms with Crippen molar-refractivity contribution in [3.63, 3.8) is 0 Å². The van der Waals surface area contributed by atoms with Crippen molar-refractivity contribution in [2.24, 2.45) is 11.3 Å². The molecule has 130 valence electrons. The fourth-order valence-electron chi connectivity index (χ4n) is 4.32. The first-order valence-electron chi connectivity index (χ1n) is 8.83. The number of carbonyl (C=O) groups excluding carboxylic acids is 1. The lowest BCUT2D eigenvalue weighted by molar-refractivity contribution is -0.142. The third kappa shape index (κ3) is 3.09. The molecule has 0 aromatic carbocycles. The largest absolute Gasteiger partial charge is 0.480 e. The number of rotatable bonds is 4. The van der Waals surface area contributed by atoms with E-state index in [2.05, 4.69) is 16.3 Å². The van der Waals surface area contributed by atoms with Gasteiger partial charge in [0.2, 0.25) is 5.91 Å². The van der Waals surface area contributed by atoms with E-state index in [1.807, 2.05) is 10.3 Å². The zero-order chi connectivity index (χ0) is 16.7. The van der Waals surface area contributed by atoms with Crippen molar-refractivity contribution in [1.82, 2.24) is 9.80 Å². The molecule has 3 aliphatic rings. The van der Waals surface area contributed by atoms with Crippen LogP contribution < -0.4 is 0 Å². The Morgan fingerprint density at radius 3 is 2.62 bits per heavy atom. The fourth-order valence-corrected chi connectivity index (χ4v) is 4.98. The second kappa shape index (κ2) is 6.15. The first-order valence-corrected chi connectivity index (χ1v) is 9.77. The number of hydrogen-bond donors (Lipinski definition) is 1. The lowest BCUT2D eigenvalue weighted by Gasteiger charge is -2.39. The lowest BCUT2D eigenvalue weighted by atomic mass is 9.76. The molecule has 4 rings (SSSR count). The maximum Gasteiger partial charge on any atom is 0.320 e. The summed E-state index contributed by atoms with van der Waals surface area (Å²) in [6, 6.07) is 1.68. The van der Waals surface area contributed by atoms with Gasteiger partial charge in [-0.05, 0) is 59.9 Å². The van der Waals surface area contributed by atoms with Gasteiger partial charge >= 0.3 is 5.97 Å². The van der Waals surface area contributed by atoms with Crippen LogP contribution in [0.2, 0.25) is 0 Å². The average Bonchev–Trinajstić information content (AvgIpc) is 3.19. The Hall–Kier alpha value is -1.40. The van der Waals surface area contributed by atoms with Gasteiger partial charge in [-0.15, -0.1) is 0 Å². The van der Waals surface area contributed by atoms with Crippen molar-refractivity contribution in [2.45, 2.75) is 44.7 Å². The van der Waals surface area contributed by atoms with Crippen LogP contribution in [0.1, 0.15) is 37.7 Å². The van der Waals surface area contributed by atoms with Crippen LogP contribution in [0.3, 0.4) is 0 Å². The van der Waals surface area contributed by atoms with E-state index in [1.54, 1.807) is 11.3 Å². The van der Waals surface area contributed by atoms with Gasteiger partial charge in [0.25, 0.3) is 0 Å². The summed E-state index contributed by atoms with van der Waals surface area (Å²) in [6.45, 7) is 3.15. The molecule has 3 fully saturated rings. The number of aliphatic carboxylic acids is 1. The molecule has 2 aliphatic heterocycles. The smallest absolute Gasteiger partial charge is 0.320 e. The number of likely N-dealkylation sites (tertiary alicyclic amines) is 2. The van der Waals surface area contributed by atoms with Crippen LogP contribution in [-0.4, -0.2) is 52.5 Å². The second-order valence-corrected chi connectivity index (χ2v) is 8.47. The number of carboxylic acid groups (broad SMARTS) is 1. The summed E-state index contributed by atoms with van der Waals surface area (Å²) in [6.07, 6.45) is 4.70. The number of amides is 1. The highest BCUT2D eigenvalue weighted by molar-refractivity contribution is 7.07. The minimum absolute atomic E-state index is 0.0689. The Balaban J connectivity index is 1.42. The summed E-state index contributed by atoms with van der Waals surface area (Å²) in [4.78, 5) is 28.1. The van der Waals surface area contributed by atoms with Crippen LogP contribution >= 0.6 is 11.3 Å².